The maximum absolute atomic E-state index is 13.5. The van der Waals surface area contributed by atoms with Gasteiger partial charge in [-0.15, -0.1) is 0 Å². The number of hydrogen-bond acceptors (Lipinski definition) is 2. The second kappa shape index (κ2) is 3.22. The summed E-state index contributed by atoms with van der Waals surface area (Å²) >= 11 is 0. The van der Waals surface area contributed by atoms with Crippen LogP contribution in [-0.2, 0) is 4.79 Å². The number of rotatable bonds is 1. The van der Waals surface area contributed by atoms with Gasteiger partial charge in [0.2, 0.25) is 0 Å². The van der Waals surface area contributed by atoms with Crippen LogP contribution >= 0.6 is 0 Å². The van der Waals surface area contributed by atoms with Crippen molar-refractivity contribution in [3.05, 3.63) is 29.1 Å². The fraction of sp³-hybridized carbons (Fsp3) is 0.364. The number of hydrogen-bond donors (Lipinski definition) is 2. The van der Waals surface area contributed by atoms with E-state index in [-0.39, 0.29) is 11.7 Å². The molecule has 0 aliphatic carbocycles. The minimum absolute atomic E-state index is 0.334. The highest BCUT2D eigenvalue weighted by atomic mass is 19.1. The zero-order valence-electron chi connectivity index (χ0n) is 8.54. The Hall–Kier alpha value is -1.58. The van der Waals surface area contributed by atoms with Crippen LogP contribution in [0.5, 0.6) is 0 Å². The molecule has 4 heteroatoms. The standard InChI is InChI=1S/C11H12FNO2/c1-5-3-4-7(12)8-6(2)10(11(14)15)13-9(5)8/h3-4,6,10,13H,1-2H3,(H,14,15). The molecule has 2 N–H and O–H groups in total. The van der Waals surface area contributed by atoms with Gasteiger partial charge in [0.1, 0.15) is 11.9 Å². The van der Waals surface area contributed by atoms with Gasteiger partial charge in [0.05, 0.1) is 0 Å². The van der Waals surface area contributed by atoms with Gasteiger partial charge in [-0.25, -0.2) is 9.18 Å². The van der Waals surface area contributed by atoms with Crippen molar-refractivity contribution in [1.29, 1.82) is 0 Å². The highest BCUT2D eigenvalue weighted by molar-refractivity contribution is 5.83. The second-order valence-corrected chi connectivity index (χ2v) is 3.90. The summed E-state index contributed by atoms with van der Waals surface area (Å²) in [6.45, 7) is 3.56. The minimum Gasteiger partial charge on any atom is -0.480 e. The average Bonchev–Trinajstić information content (AvgIpc) is 2.51. The van der Waals surface area contributed by atoms with Crippen LogP contribution in [0.25, 0.3) is 0 Å². The van der Waals surface area contributed by atoms with Crippen LogP contribution in [0.2, 0.25) is 0 Å². The molecule has 15 heavy (non-hydrogen) atoms. The first-order valence-electron chi connectivity index (χ1n) is 4.80. The van der Waals surface area contributed by atoms with Gasteiger partial charge in [0, 0.05) is 17.2 Å². The Balaban J connectivity index is 2.53. The molecular weight excluding hydrogens is 197 g/mol. The van der Waals surface area contributed by atoms with Gasteiger partial charge < -0.3 is 10.4 Å². The number of halogens is 1. The third kappa shape index (κ3) is 1.37. The molecule has 1 aliphatic heterocycles. The lowest BCUT2D eigenvalue weighted by atomic mass is 9.96. The summed E-state index contributed by atoms with van der Waals surface area (Å²) in [4.78, 5) is 10.9. The third-order valence-corrected chi connectivity index (χ3v) is 2.92. The normalized spacial score (nSPS) is 23.4. The molecule has 0 fully saturated rings. The zero-order valence-corrected chi connectivity index (χ0v) is 8.54. The number of carboxylic acids is 1. The number of aliphatic carboxylic acids is 1. The van der Waals surface area contributed by atoms with Crippen molar-refractivity contribution in [3.63, 3.8) is 0 Å². The predicted molar refractivity (Wildman–Crippen MR) is 54.6 cm³/mol. The van der Waals surface area contributed by atoms with Crippen molar-refractivity contribution in [2.75, 3.05) is 5.32 Å². The summed E-state index contributed by atoms with van der Waals surface area (Å²) in [6.07, 6.45) is 0. The highest BCUT2D eigenvalue weighted by Crippen LogP contribution is 2.39. The minimum atomic E-state index is -0.947. The Bertz CT molecular complexity index is 431. The average molecular weight is 209 g/mol. The number of carboxylic acid groups (broad SMARTS) is 1. The van der Waals surface area contributed by atoms with Gasteiger partial charge in [-0.05, 0) is 18.6 Å². The summed E-state index contributed by atoms with van der Waals surface area (Å²) < 4.78 is 13.5. The van der Waals surface area contributed by atoms with Crippen molar-refractivity contribution >= 4 is 11.7 Å². The van der Waals surface area contributed by atoms with E-state index in [0.717, 1.165) is 5.56 Å². The van der Waals surface area contributed by atoms with Gasteiger partial charge >= 0.3 is 5.97 Å². The van der Waals surface area contributed by atoms with Crippen LogP contribution in [0.15, 0.2) is 12.1 Å². The van der Waals surface area contributed by atoms with Crippen LogP contribution in [0, 0.1) is 12.7 Å². The van der Waals surface area contributed by atoms with Crippen LogP contribution in [0.4, 0.5) is 10.1 Å². The van der Waals surface area contributed by atoms with E-state index in [9.17, 15) is 9.18 Å². The molecule has 2 rings (SSSR count). The van der Waals surface area contributed by atoms with Crippen LogP contribution in [0.1, 0.15) is 24.0 Å². The van der Waals surface area contributed by atoms with E-state index in [0.29, 0.717) is 11.3 Å². The summed E-state index contributed by atoms with van der Waals surface area (Å²) in [5.74, 6) is -1.62. The molecule has 2 unspecified atom stereocenters. The van der Waals surface area contributed by atoms with Crippen molar-refractivity contribution in [2.45, 2.75) is 25.8 Å². The number of benzene rings is 1. The lowest BCUT2D eigenvalue weighted by molar-refractivity contribution is -0.138. The number of anilines is 1. The van der Waals surface area contributed by atoms with Gasteiger partial charge in [0.25, 0.3) is 0 Å². The maximum atomic E-state index is 13.5. The molecule has 0 aromatic heterocycles. The van der Waals surface area contributed by atoms with Crippen molar-refractivity contribution in [2.24, 2.45) is 0 Å². The topological polar surface area (TPSA) is 49.3 Å². The highest BCUT2D eigenvalue weighted by Gasteiger charge is 2.36. The summed E-state index contributed by atoms with van der Waals surface area (Å²) in [7, 11) is 0. The second-order valence-electron chi connectivity index (χ2n) is 3.90. The molecule has 1 aromatic rings. The Morgan fingerprint density at radius 2 is 2.20 bits per heavy atom. The number of fused-ring (bicyclic) bond motifs is 1. The fourth-order valence-corrected chi connectivity index (χ4v) is 2.06. The lowest BCUT2D eigenvalue weighted by Crippen LogP contribution is -2.29. The molecular formula is C11H12FNO2. The van der Waals surface area contributed by atoms with E-state index in [1.54, 1.807) is 13.0 Å². The molecule has 0 saturated heterocycles. The monoisotopic (exact) mass is 209 g/mol. The molecule has 0 saturated carbocycles. The van der Waals surface area contributed by atoms with Gasteiger partial charge in [-0.2, -0.15) is 0 Å². The van der Waals surface area contributed by atoms with Gasteiger partial charge in [0.15, 0.2) is 0 Å². The van der Waals surface area contributed by atoms with E-state index < -0.39 is 12.0 Å². The first-order valence-corrected chi connectivity index (χ1v) is 4.80. The summed E-state index contributed by atoms with van der Waals surface area (Å²) in [5.41, 5.74) is 2.00. The number of nitrogens with one attached hydrogen (secondary N) is 1. The molecule has 0 radical (unpaired) electrons. The molecule has 0 bridgehead atoms. The lowest BCUT2D eigenvalue weighted by Gasteiger charge is -2.10. The molecule has 0 spiro atoms. The first kappa shape index (κ1) is 9.96. The zero-order chi connectivity index (χ0) is 11.2. The quantitative estimate of drug-likeness (QED) is 0.744. The maximum Gasteiger partial charge on any atom is 0.326 e. The molecule has 3 nitrogen and oxygen atoms in total. The van der Waals surface area contributed by atoms with Crippen LogP contribution in [0.3, 0.4) is 0 Å². The molecule has 0 amide bonds. The van der Waals surface area contributed by atoms with E-state index in [2.05, 4.69) is 5.32 Å². The van der Waals surface area contributed by atoms with E-state index in [1.807, 2.05) is 6.92 Å². The van der Waals surface area contributed by atoms with Gasteiger partial charge in [-0.1, -0.05) is 13.0 Å². The predicted octanol–water partition coefficient (Wildman–Crippen LogP) is 2.12. The Labute approximate surface area is 86.9 Å². The Morgan fingerprint density at radius 1 is 1.53 bits per heavy atom. The van der Waals surface area contributed by atoms with E-state index >= 15 is 0 Å². The van der Waals surface area contributed by atoms with Gasteiger partial charge in [-0.3, -0.25) is 0 Å². The Kier molecular flexibility index (Phi) is 2.14. The molecule has 1 aromatic carbocycles. The molecule has 2 atom stereocenters. The van der Waals surface area contributed by atoms with E-state index in [4.69, 9.17) is 5.11 Å². The third-order valence-electron chi connectivity index (χ3n) is 2.92. The number of aryl methyl sites for hydroxylation is 1. The van der Waals surface area contributed by atoms with Crippen LogP contribution in [-0.4, -0.2) is 17.1 Å². The summed E-state index contributed by atoms with van der Waals surface area (Å²) in [5, 5.41) is 11.8. The molecule has 1 aliphatic rings. The number of carbonyl (C=O) groups is 1. The largest absolute Gasteiger partial charge is 0.480 e. The SMILES string of the molecule is Cc1ccc(F)c2c1NC(C(=O)O)C2C. The van der Waals surface area contributed by atoms with Crippen molar-refractivity contribution < 1.29 is 14.3 Å². The molecule has 1 heterocycles. The van der Waals surface area contributed by atoms with E-state index in [1.165, 1.54) is 6.07 Å². The van der Waals surface area contributed by atoms with Crippen molar-refractivity contribution in [1.82, 2.24) is 0 Å². The molecule has 80 valence electrons. The first-order chi connectivity index (χ1) is 7.02. The summed E-state index contributed by atoms with van der Waals surface area (Å²) in [6, 6.07) is 2.31. The Morgan fingerprint density at radius 3 is 2.73 bits per heavy atom. The van der Waals surface area contributed by atoms with Crippen molar-refractivity contribution in [3.8, 4) is 0 Å². The van der Waals surface area contributed by atoms with Crippen LogP contribution < -0.4 is 5.32 Å². The smallest absolute Gasteiger partial charge is 0.326 e. The fourth-order valence-electron chi connectivity index (χ4n) is 2.06.